The minimum atomic E-state index is -0.194. The van der Waals surface area contributed by atoms with Crippen LogP contribution in [0.3, 0.4) is 0 Å². The van der Waals surface area contributed by atoms with Gasteiger partial charge >= 0.3 is 6.09 Å². The topological polar surface area (TPSA) is 41.6 Å². The Hall–Kier alpha value is -0.770. The maximum atomic E-state index is 11.7. The second-order valence-corrected chi connectivity index (χ2v) is 6.45. The molecule has 1 heterocycles. The summed E-state index contributed by atoms with van der Waals surface area (Å²) in [5.74, 6) is 1.87. The van der Waals surface area contributed by atoms with E-state index >= 15 is 0 Å². The molecule has 1 saturated heterocycles. The highest BCUT2D eigenvalue weighted by Crippen LogP contribution is 2.24. The third kappa shape index (κ3) is 5.39. The molecular weight excluding hydrogens is 240 g/mol. The van der Waals surface area contributed by atoms with Crippen LogP contribution in [0.15, 0.2) is 0 Å². The number of hydrogen-bond acceptors (Lipinski definition) is 3. The molecule has 0 saturated carbocycles. The molecule has 4 nitrogen and oxygen atoms in total. The first-order chi connectivity index (χ1) is 8.93. The molecule has 0 radical (unpaired) electrons. The Kier molecular flexibility index (Phi) is 6.63. The van der Waals surface area contributed by atoms with Crippen molar-refractivity contribution in [3.05, 3.63) is 0 Å². The summed E-state index contributed by atoms with van der Waals surface area (Å²) in [5.41, 5.74) is 0. The summed E-state index contributed by atoms with van der Waals surface area (Å²) in [7, 11) is 1.46. The number of carbonyl (C=O) groups is 1. The first-order valence-corrected chi connectivity index (χ1v) is 7.50. The first-order valence-electron chi connectivity index (χ1n) is 7.50. The fourth-order valence-corrected chi connectivity index (χ4v) is 2.62. The molecule has 0 bridgehead atoms. The van der Waals surface area contributed by atoms with Crippen LogP contribution in [-0.4, -0.2) is 43.8 Å². The first kappa shape index (κ1) is 16.3. The van der Waals surface area contributed by atoms with Gasteiger partial charge in [-0.25, -0.2) is 4.79 Å². The van der Waals surface area contributed by atoms with E-state index in [2.05, 4.69) is 33.0 Å². The number of rotatable bonds is 5. The van der Waals surface area contributed by atoms with Gasteiger partial charge in [0.25, 0.3) is 0 Å². The maximum Gasteiger partial charge on any atom is 0.409 e. The molecule has 0 spiro atoms. The molecule has 4 heteroatoms. The summed E-state index contributed by atoms with van der Waals surface area (Å²) in [6, 6.07) is 0.402. The average Bonchev–Trinajstić information content (AvgIpc) is 2.37. The summed E-state index contributed by atoms with van der Waals surface area (Å²) in [6.45, 7) is 11.6. The number of nitrogens with one attached hydrogen (secondary N) is 1. The fraction of sp³-hybridized carbons (Fsp3) is 0.933. The smallest absolute Gasteiger partial charge is 0.409 e. The van der Waals surface area contributed by atoms with E-state index in [1.54, 1.807) is 0 Å². The normalized spacial score (nSPS) is 24.1. The molecule has 1 amide bonds. The zero-order valence-corrected chi connectivity index (χ0v) is 13.1. The lowest BCUT2D eigenvalue weighted by atomic mass is 9.85. The van der Waals surface area contributed by atoms with Gasteiger partial charge in [0, 0.05) is 19.1 Å². The zero-order chi connectivity index (χ0) is 14.4. The Balaban J connectivity index is 2.52. The lowest BCUT2D eigenvalue weighted by molar-refractivity contribution is 0.0808. The highest BCUT2D eigenvalue weighted by molar-refractivity contribution is 5.67. The lowest BCUT2D eigenvalue weighted by Crippen LogP contribution is -2.52. The van der Waals surface area contributed by atoms with Crippen molar-refractivity contribution in [3.8, 4) is 0 Å². The number of nitrogens with zero attached hydrogens (tertiary/aromatic N) is 1. The monoisotopic (exact) mass is 270 g/mol. The van der Waals surface area contributed by atoms with Crippen LogP contribution < -0.4 is 5.32 Å². The van der Waals surface area contributed by atoms with Gasteiger partial charge in [-0.15, -0.1) is 0 Å². The van der Waals surface area contributed by atoms with Crippen LogP contribution in [0.5, 0.6) is 0 Å². The van der Waals surface area contributed by atoms with E-state index in [-0.39, 0.29) is 6.09 Å². The molecule has 0 aromatic rings. The molecule has 1 N–H and O–H groups in total. The van der Waals surface area contributed by atoms with Crippen LogP contribution in [0.2, 0.25) is 0 Å². The number of likely N-dealkylation sites (tertiary alicyclic amines) is 1. The lowest BCUT2D eigenvalue weighted by Gasteiger charge is -2.39. The molecule has 1 aliphatic heterocycles. The Morgan fingerprint density at radius 2 is 2.00 bits per heavy atom. The Morgan fingerprint density at radius 3 is 2.53 bits per heavy atom. The maximum absolute atomic E-state index is 11.7. The number of ether oxygens (including phenoxy) is 1. The molecule has 0 aromatic heterocycles. The summed E-state index contributed by atoms with van der Waals surface area (Å²) >= 11 is 0. The van der Waals surface area contributed by atoms with Crippen molar-refractivity contribution in [1.29, 1.82) is 0 Å². The van der Waals surface area contributed by atoms with Crippen LogP contribution in [-0.2, 0) is 4.74 Å². The molecule has 112 valence electrons. The Labute approximate surface area is 117 Å². The third-order valence-electron chi connectivity index (χ3n) is 4.01. The van der Waals surface area contributed by atoms with Crippen LogP contribution in [0.25, 0.3) is 0 Å². The van der Waals surface area contributed by atoms with E-state index < -0.39 is 0 Å². The third-order valence-corrected chi connectivity index (χ3v) is 4.01. The van der Waals surface area contributed by atoms with Crippen molar-refractivity contribution in [2.75, 3.05) is 26.7 Å². The van der Waals surface area contributed by atoms with Crippen LogP contribution in [0.1, 0.15) is 40.5 Å². The zero-order valence-electron chi connectivity index (χ0n) is 13.1. The summed E-state index contributed by atoms with van der Waals surface area (Å²) < 4.78 is 4.87. The number of hydrogen-bond donors (Lipinski definition) is 1. The Bertz CT molecular complexity index is 279. The second kappa shape index (κ2) is 7.73. The van der Waals surface area contributed by atoms with Crippen molar-refractivity contribution in [1.82, 2.24) is 10.2 Å². The molecule has 2 atom stereocenters. The van der Waals surface area contributed by atoms with Crippen molar-refractivity contribution in [2.24, 2.45) is 17.8 Å². The molecule has 0 aromatic carbocycles. The van der Waals surface area contributed by atoms with Crippen molar-refractivity contribution in [2.45, 2.75) is 46.6 Å². The SMILES string of the molecule is COC(=O)N1CC(NCCC(C)C)CC(C(C)C)C1. The Morgan fingerprint density at radius 1 is 1.32 bits per heavy atom. The van der Waals surface area contributed by atoms with E-state index in [4.69, 9.17) is 4.74 Å². The number of piperidine rings is 1. The molecule has 1 rings (SSSR count). The van der Waals surface area contributed by atoms with Crippen LogP contribution in [0, 0.1) is 17.8 Å². The molecule has 1 fully saturated rings. The van der Waals surface area contributed by atoms with Gasteiger partial charge in [-0.2, -0.15) is 0 Å². The van der Waals surface area contributed by atoms with Crippen molar-refractivity contribution < 1.29 is 9.53 Å². The fourth-order valence-electron chi connectivity index (χ4n) is 2.62. The minimum absolute atomic E-state index is 0.194. The van der Waals surface area contributed by atoms with E-state index in [9.17, 15) is 4.79 Å². The average molecular weight is 270 g/mol. The number of methoxy groups -OCH3 is 1. The molecule has 2 unspecified atom stereocenters. The number of carbonyl (C=O) groups excluding carboxylic acids is 1. The van der Waals surface area contributed by atoms with Gasteiger partial charge in [0.05, 0.1) is 7.11 Å². The van der Waals surface area contributed by atoms with E-state index in [0.717, 1.165) is 26.1 Å². The van der Waals surface area contributed by atoms with E-state index in [0.29, 0.717) is 23.8 Å². The summed E-state index contributed by atoms with van der Waals surface area (Å²) in [6.07, 6.45) is 2.14. The summed E-state index contributed by atoms with van der Waals surface area (Å²) in [4.78, 5) is 13.6. The van der Waals surface area contributed by atoms with Gasteiger partial charge in [0.1, 0.15) is 0 Å². The predicted octanol–water partition coefficient (Wildman–Crippen LogP) is 2.74. The molecule has 1 aliphatic rings. The second-order valence-electron chi connectivity index (χ2n) is 6.45. The van der Waals surface area contributed by atoms with Gasteiger partial charge in [0.2, 0.25) is 0 Å². The van der Waals surface area contributed by atoms with Gasteiger partial charge in [-0.05, 0) is 37.1 Å². The van der Waals surface area contributed by atoms with Crippen molar-refractivity contribution in [3.63, 3.8) is 0 Å². The quantitative estimate of drug-likeness (QED) is 0.835. The summed E-state index contributed by atoms with van der Waals surface area (Å²) in [5, 5.41) is 3.60. The molecular formula is C15H30N2O2. The minimum Gasteiger partial charge on any atom is -0.453 e. The van der Waals surface area contributed by atoms with Crippen LogP contribution in [0.4, 0.5) is 4.79 Å². The van der Waals surface area contributed by atoms with Gasteiger partial charge in [-0.1, -0.05) is 27.7 Å². The number of amides is 1. The highest BCUT2D eigenvalue weighted by atomic mass is 16.5. The van der Waals surface area contributed by atoms with E-state index in [1.807, 2.05) is 4.90 Å². The molecule has 19 heavy (non-hydrogen) atoms. The van der Waals surface area contributed by atoms with Gasteiger partial charge in [-0.3, -0.25) is 0 Å². The van der Waals surface area contributed by atoms with Gasteiger partial charge in [0.15, 0.2) is 0 Å². The highest BCUT2D eigenvalue weighted by Gasteiger charge is 2.31. The largest absolute Gasteiger partial charge is 0.453 e. The predicted molar refractivity (Wildman–Crippen MR) is 78.2 cm³/mol. The van der Waals surface area contributed by atoms with Crippen molar-refractivity contribution >= 4 is 6.09 Å². The van der Waals surface area contributed by atoms with E-state index in [1.165, 1.54) is 13.5 Å². The van der Waals surface area contributed by atoms with Crippen LogP contribution >= 0.6 is 0 Å². The standard InChI is InChI=1S/C15H30N2O2/c1-11(2)6-7-16-14-8-13(12(3)4)9-17(10-14)15(18)19-5/h11-14,16H,6-10H2,1-5H3. The van der Waals surface area contributed by atoms with Gasteiger partial charge < -0.3 is 15.0 Å². The molecule has 0 aliphatic carbocycles.